The average molecular weight is 266 g/mol. The van der Waals surface area contributed by atoms with E-state index in [1.54, 1.807) is 12.1 Å². The van der Waals surface area contributed by atoms with Gasteiger partial charge in [0.05, 0.1) is 5.02 Å². The van der Waals surface area contributed by atoms with Crippen LogP contribution < -0.4 is 10.5 Å². The van der Waals surface area contributed by atoms with E-state index in [-0.39, 0.29) is 10.8 Å². The highest BCUT2D eigenvalue weighted by molar-refractivity contribution is 6.30. The van der Waals surface area contributed by atoms with Crippen LogP contribution in [-0.4, -0.2) is 0 Å². The second-order valence-corrected chi connectivity index (χ2v) is 4.38. The minimum Gasteiger partial charge on any atom is -0.454 e. The Morgan fingerprint density at radius 2 is 2.00 bits per heavy atom. The van der Waals surface area contributed by atoms with Crippen LogP contribution in [0.25, 0.3) is 0 Å². The van der Waals surface area contributed by atoms with Crippen LogP contribution in [0.3, 0.4) is 0 Å². The van der Waals surface area contributed by atoms with Gasteiger partial charge in [-0.15, -0.1) is 0 Å². The first-order valence-corrected chi connectivity index (χ1v) is 5.91. The summed E-state index contributed by atoms with van der Waals surface area (Å²) in [5.74, 6) is 0.0769. The summed E-state index contributed by atoms with van der Waals surface area (Å²) in [5.41, 5.74) is 7.55. The van der Waals surface area contributed by atoms with Gasteiger partial charge in [-0.1, -0.05) is 35.4 Å². The van der Waals surface area contributed by atoms with Gasteiger partial charge in [0.2, 0.25) is 0 Å². The monoisotopic (exact) mass is 265 g/mol. The molecule has 0 unspecified atom stereocenters. The van der Waals surface area contributed by atoms with Crippen molar-refractivity contribution in [3.8, 4) is 11.5 Å². The first kappa shape index (κ1) is 12.9. The molecule has 0 aliphatic heterocycles. The van der Waals surface area contributed by atoms with Crippen molar-refractivity contribution in [1.82, 2.24) is 0 Å². The predicted octanol–water partition coefficient (Wildman–Crippen LogP) is 4.04. The van der Waals surface area contributed by atoms with Crippen LogP contribution in [0.4, 0.5) is 4.39 Å². The van der Waals surface area contributed by atoms with Crippen molar-refractivity contribution in [2.45, 2.75) is 13.5 Å². The Hall–Kier alpha value is -1.58. The van der Waals surface area contributed by atoms with Crippen LogP contribution in [0.15, 0.2) is 36.4 Å². The zero-order valence-corrected chi connectivity index (χ0v) is 10.7. The number of rotatable bonds is 3. The van der Waals surface area contributed by atoms with Gasteiger partial charge in [-0.25, -0.2) is 4.39 Å². The van der Waals surface area contributed by atoms with E-state index in [0.717, 1.165) is 11.1 Å². The lowest BCUT2D eigenvalue weighted by molar-refractivity contribution is 0.438. The molecule has 0 amide bonds. The Morgan fingerprint density at radius 3 is 2.72 bits per heavy atom. The number of nitrogens with two attached hydrogens (primary N) is 1. The zero-order chi connectivity index (χ0) is 13.1. The molecule has 0 bridgehead atoms. The largest absolute Gasteiger partial charge is 0.454 e. The fourth-order valence-corrected chi connectivity index (χ4v) is 1.81. The molecule has 2 aromatic carbocycles. The fourth-order valence-electron chi connectivity index (χ4n) is 1.65. The third-order valence-electron chi connectivity index (χ3n) is 2.57. The summed E-state index contributed by atoms with van der Waals surface area (Å²) in [6.45, 7) is 2.29. The molecular formula is C14H13ClFNO. The van der Waals surface area contributed by atoms with E-state index in [1.165, 1.54) is 12.1 Å². The van der Waals surface area contributed by atoms with Crippen molar-refractivity contribution >= 4 is 11.6 Å². The molecule has 2 rings (SSSR count). The molecule has 0 radical (unpaired) electrons. The third-order valence-corrected chi connectivity index (χ3v) is 2.86. The quantitative estimate of drug-likeness (QED) is 0.909. The minimum absolute atomic E-state index is 0.0360. The van der Waals surface area contributed by atoms with Gasteiger partial charge >= 0.3 is 0 Å². The van der Waals surface area contributed by atoms with Gasteiger partial charge in [0, 0.05) is 12.1 Å². The van der Waals surface area contributed by atoms with Gasteiger partial charge in [0.15, 0.2) is 11.6 Å². The number of aryl methyl sites for hydroxylation is 1. The molecule has 2 N–H and O–H groups in total. The molecule has 4 heteroatoms. The maximum absolute atomic E-state index is 13.7. The highest BCUT2D eigenvalue weighted by Gasteiger charge is 2.10. The van der Waals surface area contributed by atoms with Crippen LogP contribution in [0, 0.1) is 12.7 Å². The normalized spacial score (nSPS) is 10.4. The molecule has 0 heterocycles. The van der Waals surface area contributed by atoms with Crippen LogP contribution in [0.5, 0.6) is 11.5 Å². The molecule has 0 aromatic heterocycles. The van der Waals surface area contributed by atoms with Crippen molar-refractivity contribution in [3.63, 3.8) is 0 Å². The summed E-state index contributed by atoms with van der Waals surface area (Å²) in [4.78, 5) is 0. The van der Waals surface area contributed by atoms with Crippen LogP contribution in [0.2, 0.25) is 5.02 Å². The zero-order valence-electron chi connectivity index (χ0n) is 9.91. The average Bonchev–Trinajstić information content (AvgIpc) is 2.37. The number of benzene rings is 2. The topological polar surface area (TPSA) is 35.2 Å². The van der Waals surface area contributed by atoms with Gasteiger partial charge in [-0.05, 0) is 25.1 Å². The van der Waals surface area contributed by atoms with E-state index in [2.05, 4.69) is 0 Å². The first-order chi connectivity index (χ1) is 8.61. The van der Waals surface area contributed by atoms with Gasteiger partial charge in [-0.2, -0.15) is 0 Å². The number of hydrogen-bond donors (Lipinski definition) is 1. The number of ether oxygens (including phenoxy) is 1. The molecule has 0 saturated carbocycles. The molecule has 0 spiro atoms. The minimum atomic E-state index is -0.567. The number of halogens is 2. The van der Waals surface area contributed by atoms with Gasteiger partial charge in [-0.3, -0.25) is 0 Å². The van der Waals surface area contributed by atoms with E-state index < -0.39 is 5.82 Å². The molecule has 2 nitrogen and oxygen atoms in total. The molecule has 2 aromatic rings. The van der Waals surface area contributed by atoms with E-state index in [9.17, 15) is 4.39 Å². The molecular weight excluding hydrogens is 253 g/mol. The van der Waals surface area contributed by atoms with E-state index in [1.807, 2.05) is 19.1 Å². The Balaban J connectivity index is 2.37. The van der Waals surface area contributed by atoms with Crippen LogP contribution >= 0.6 is 11.6 Å². The maximum atomic E-state index is 13.7. The second-order valence-electron chi connectivity index (χ2n) is 3.97. The summed E-state index contributed by atoms with van der Waals surface area (Å²) < 4.78 is 19.2. The smallest absolute Gasteiger partial charge is 0.184 e. The number of hydrogen-bond acceptors (Lipinski definition) is 2. The maximum Gasteiger partial charge on any atom is 0.184 e. The molecule has 0 aliphatic carbocycles. The van der Waals surface area contributed by atoms with Crippen molar-refractivity contribution in [1.29, 1.82) is 0 Å². The summed E-state index contributed by atoms with van der Waals surface area (Å²) in [7, 11) is 0. The van der Waals surface area contributed by atoms with Crippen molar-refractivity contribution < 1.29 is 9.13 Å². The Kier molecular flexibility index (Phi) is 3.84. The highest BCUT2D eigenvalue weighted by atomic mass is 35.5. The van der Waals surface area contributed by atoms with Gasteiger partial charge in [0.25, 0.3) is 0 Å². The second kappa shape index (κ2) is 5.38. The summed E-state index contributed by atoms with van der Waals surface area (Å²) >= 11 is 5.70. The lowest BCUT2D eigenvalue weighted by atomic mass is 10.1. The molecule has 0 atom stereocenters. The summed E-state index contributed by atoms with van der Waals surface area (Å²) in [6, 6.07) is 10.2. The van der Waals surface area contributed by atoms with E-state index in [4.69, 9.17) is 22.1 Å². The SMILES string of the molecule is Cc1ccc(Oc2cccc(Cl)c2F)c(CN)c1. The fraction of sp³-hybridized carbons (Fsp3) is 0.143. The summed E-state index contributed by atoms with van der Waals surface area (Å²) in [6.07, 6.45) is 0. The van der Waals surface area contributed by atoms with Crippen molar-refractivity contribution in [2.75, 3.05) is 0 Å². The molecule has 0 aliphatic rings. The predicted molar refractivity (Wildman–Crippen MR) is 70.6 cm³/mol. The van der Waals surface area contributed by atoms with Gasteiger partial charge < -0.3 is 10.5 Å². The Labute approximate surface area is 110 Å². The van der Waals surface area contributed by atoms with E-state index in [0.29, 0.717) is 12.3 Å². The Morgan fingerprint density at radius 1 is 1.22 bits per heavy atom. The van der Waals surface area contributed by atoms with Crippen LogP contribution in [0.1, 0.15) is 11.1 Å². The lowest BCUT2D eigenvalue weighted by Crippen LogP contribution is -2.00. The summed E-state index contributed by atoms with van der Waals surface area (Å²) in [5, 5.41) is 0.0360. The first-order valence-electron chi connectivity index (χ1n) is 5.53. The highest BCUT2D eigenvalue weighted by Crippen LogP contribution is 2.30. The van der Waals surface area contributed by atoms with Crippen molar-refractivity contribution in [3.05, 3.63) is 58.4 Å². The lowest BCUT2D eigenvalue weighted by Gasteiger charge is -2.11. The molecule has 94 valence electrons. The van der Waals surface area contributed by atoms with Crippen LogP contribution in [-0.2, 0) is 6.54 Å². The molecule has 18 heavy (non-hydrogen) atoms. The van der Waals surface area contributed by atoms with Crippen molar-refractivity contribution in [2.24, 2.45) is 5.73 Å². The molecule has 0 fully saturated rings. The van der Waals surface area contributed by atoms with Gasteiger partial charge in [0.1, 0.15) is 5.75 Å². The van der Waals surface area contributed by atoms with E-state index >= 15 is 0 Å². The third kappa shape index (κ3) is 2.63. The Bertz CT molecular complexity index is 572. The molecule has 0 saturated heterocycles. The standard InChI is InChI=1S/C14H13ClFNO/c1-9-5-6-12(10(7-9)8-17)18-13-4-2-3-11(15)14(13)16/h2-7H,8,17H2,1H3.